The molecule has 0 aromatic heterocycles. The first kappa shape index (κ1) is 21.3. The van der Waals surface area contributed by atoms with E-state index in [1.165, 1.54) is 57.8 Å². The maximum absolute atomic E-state index is 11.1. The van der Waals surface area contributed by atoms with Crippen molar-refractivity contribution in [3.8, 4) is 0 Å². The van der Waals surface area contributed by atoms with Gasteiger partial charge in [-0.25, -0.2) is 4.79 Å². The third-order valence-electron chi connectivity index (χ3n) is 3.08. The molecular formula is C16H30O2Sn. The van der Waals surface area contributed by atoms with Crippen LogP contribution in [0.1, 0.15) is 78.1 Å². The van der Waals surface area contributed by atoms with E-state index >= 15 is 0 Å². The molecule has 0 aromatic rings. The first-order chi connectivity index (χ1) is 8.68. The molecule has 0 rings (SSSR count). The SMILES string of the molecule is C=C(C)C(=O)OCCCCCCCCCCCC.[Sn]. The van der Waals surface area contributed by atoms with Gasteiger partial charge in [0.25, 0.3) is 0 Å². The molecule has 0 aliphatic heterocycles. The molecule has 2 nitrogen and oxygen atoms in total. The zero-order valence-electron chi connectivity index (χ0n) is 12.8. The topological polar surface area (TPSA) is 26.3 Å². The molecule has 0 atom stereocenters. The molecule has 0 bridgehead atoms. The van der Waals surface area contributed by atoms with E-state index in [1.807, 2.05) is 0 Å². The van der Waals surface area contributed by atoms with Crippen molar-refractivity contribution < 1.29 is 9.53 Å². The van der Waals surface area contributed by atoms with Crippen LogP contribution >= 0.6 is 0 Å². The maximum Gasteiger partial charge on any atom is 0.333 e. The van der Waals surface area contributed by atoms with Gasteiger partial charge < -0.3 is 4.74 Å². The Morgan fingerprint density at radius 1 is 0.895 bits per heavy atom. The summed E-state index contributed by atoms with van der Waals surface area (Å²) < 4.78 is 5.04. The molecule has 0 saturated carbocycles. The summed E-state index contributed by atoms with van der Waals surface area (Å²) in [4.78, 5) is 11.1. The van der Waals surface area contributed by atoms with Crippen LogP contribution < -0.4 is 0 Å². The largest absolute Gasteiger partial charge is 0.462 e. The van der Waals surface area contributed by atoms with Crippen LogP contribution in [0, 0.1) is 0 Å². The van der Waals surface area contributed by atoms with Crippen molar-refractivity contribution in [2.45, 2.75) is 78.1 Å². The number of hydrogen-bond donors (Lipinski definition) is 0. The van der Waals surface area contributed by atoms with Crippen molar-refractivity contribution in [3.05, 3.63) is 12.2 Å². The zero-order valence-corrected chi connectivity index (χ0v) is 15.7. The molecule has 0 unspecified atom stereocenters. The van der Waals surface area contributed by atoms with Crippen LogP contribution in [-0.2, 0) is 9.53 Å². The summed E-state index contributed by atoms with van der Waals surface area (Å²) in [6.45, 7) is 8.03. The number of esters is 1. The Bertz CT molecular complexity index is 227. The minimum absolute atomic E-state index is 0. The van der Waals surface area contributed by atoms with Gasteiger partial charge in [0.1, 0.15) is 0 Å². The van der Waals surface area contributed by atoms with E-state index in [2.05, 4.69) is 13.5 Å². The molecule has 0 fully saturated rings. The summed E-state index contributed by atoms with van der Waals surface area (Å²) in [6.07, 6.45) is 13.0. The molecule has 19 heavy (non-hydrogen) atoms. The molecule has 110 valence electrons. The molecule has 3 heteroatoms. The van der Waals surface area contributed by atoms with Gasteiger partial charge in [0.05, 0.1) is 6.61 Å². The molecule has 0 aromatic carbocycles. The van der Waals surface area contributed by atoms with E-state index < -0.39 is 0 Å². The summed E-state index contributed by atoms with van der Waals surface area (Å²) >= 11 is 0. The Kier molecular flexibility index (Phi) is 18.0. The summed E-state index contributed by atoms with van der Waals surface area (Å²) in [5, 5.41) is 0. The Morgan fingerprint density at radius 3 is 1.74 bits per heavy atom. The van der Waals surface area contributed by atoms with Crippen LogP contribution in [0.25, 0.3) is 0 Å². The summed E-state index contributed by atoms with van der Waals surface area (Å²) in [5.41, 5.74) is 0.488. The third-order valence-corrected chi connectivity index (χ3v) is 3.08. The molecule has 0 aliphatic carbocycles. The minimum atomic E-state index is -0.258. The molecule has 0 N–H and O–H groups in total. The van der Waals surface area contributed by atoms with E-state index in [1.54, 1.807) is 6.92 Å². The van der Waals surface area contributed by atoms with Crippen LogP contribution in [0.4, 0.5) is 0 Å². The zero-order chi connectivity index (χ0) is 13.6. The molecule has 4 radical (unpaired) electrons. The third kappa shape index (κ3) is 16.0. The van der Waals surface area contributed by atoms with Crippen molar-refractivity contribution in [3.63, 3.8) is 0 Å². The predicted octanol–water partition coefficient (Wildman–Crippen LogP) is 4.65. The van der Waals surface area contributed by atoms with E-state index in [-0.39, 0.29) is 29.9 Å². The van der Waals surface area contributed by atoms with Crippen molar-refractivity contribution >= 4 is 29.9 Å². The number of rotatable bonds is 12. The molecule has 0 heterocycles. The number of unbranched alkanes of at least 4 members (excludes halogenated alkanes) is 9. The van der Waals surface area contributed by atoms with Gasteiger partial charge >= 0.3 is 5.97 Å². The molecule has 0 aliphatic rings. The van der Waals surface area contributed by atoms with Crippen LogP contribution in [-0.4, -0.2) is 36.5 Å². The Morgan fingerprint density at radius 2 is 1.32 bits per heavy atom. The maximum atomic E-state index is 11.1. The van der Waals surface area contributed by atoms with Crippen molar-refractivity contribution in [1.82, 2.24) is 0 Å². The van der Waals surface area contributed by atoms with Gasteiger partial charge in [-0.3, -0.25) is 0 Å². The molecule has 0 spiro atoms. The number of hydrogen-bond acceptors (Lipinski definition) is 2. The van der Waals surface area contributed by atoms with Gasteiger partial charge in [-0.05, 0) is 13.3 Å². The van der Waals surface area contributed by atoms with E-state index in [9.17, 15) is 4.79 Å². The first-order valence-corrected chi connectivity index (χ1v) is 7.51. The van der Waals surface area contributed by atoms with Gasteiger partial charge in [-0.1, -0.05) is 71.3 Å². The fourth-order valence-electron chi connectivity index (χ4n) is 1.88. The van der Waals surface area contributed by atoms with Crippen LogP contribution in [0.3, 0.4) is 0 Å². The second-order valence-corrected chi connectivity index (χ2v) is 5.10. The van der Waals surface area contributed by atoms with Crippen molar-refractivity contribution in [2.24, 2.45) is 0 Å². The Balaban J connectivity index is 0. The predicted molar refractivity (Wildman–Crippen MR) is 83.4 cm³/mol. The summed E-state index contributed by atoms with van der Waals surface area (Å²) in [5.74, 6) is -0.258. The van der Waals surface area contributed by atoms with E-state index in [0.29, 0.717) is 12.2 Å². The molecule has 0 amide bonds. The fraction of sp³-hybridized carbons (Fsp3) is 0.812. The molecular weight excluding hydrogens is 343 g/mol. The molecule has 0 saturated heterocycles. The quantitative estimate of drug-likeness (QED) is 0.216. The van der Waals surface area contributed by atoms with Gasteiger partial charge in [-0.15, -0.1) is 0 Å². The number of carbonyl (C=O) groups is 1. The smallest absolute Gasteiger partial charge is 0.333 e. The van der Waals surface area contributed by atoms with E-state index in [4.69, 9.17) is 4.74 Å². The first-order valence-electron chi connectivity index (χ1n) is 7.51. The Hall–Kier alpha value is 0.00870. The van der Waals surface area contributed by atoms with Gasteiger partial charge in [-0.2, -0.15) is 0 Å². The van der Waals surface area contributed by atoms with Crippen LogP contribution in [0.2, 0.25) is 0 Å². The van der Waals surface area contributed by atoms with Gasteiger partial charge in [0.2, 0.25) is 0 Å². The monoisotopic (exact) mass is 374 g/mol. The fourth-order valence-corrected chi connectivity index (χ4v) is 1.88. The van der Waals surface area contributed by atoms with Crippen LogP contribution in [0.5, 0.6) is 0 Å². The minimum Gasteiger partial charge on any atom is -0.462 e. The standard InChI is InChI=1S/C16H30O2.Sn/c1-4-5-6-7-8-9-10-11-12-13-14-18-16(17)15(2)3;/h2,4-14H2,1,3H3;. The van der Waals surface area contributed by atoms with E-state index in [0.717, 1.165) is 6.42 Å². The second-order valence-electron chi connectivity index (χ2n) is 5.10. The number of carbonyl (C=O) groups excluding carboxylic acids is 1. The average Bonchev–Trinajstić information content (AvgIpc) is 2.35. The van der Waals surface area contributed by atoms with Gasteiger partial charge in [0.15, 0.2) is 0 Å². The average molecular weight is 373 g/mol. The van der Waals surface area contributed by atoms with Crippen molar-refractivity contribution in [2.75, 3.05) is 6.61 Å². The number of ether oxygens (including phenoxy) is 1. The summed E-state index contributed by atoms with van der Waals surface area (Å²) in [6, 6.07) is 0. The summed E-state index contributed by atoms with van der Waals surface area (Å²) in [7, 11) is 0. The normalized spacial score (nSPS) is 9.79. The second kappa shape index (κ2) is 16.1. The van der Waals surface area contributed by atoms with Crippen molar-refractivity contribution in [1.29, 1.82) is 0 Å². The van der Waals surface area contributed by atoms with Crippen LogP contribution in [0.15, 0.2) is 12.2 Å². The Labute approximate surface area is 136 Å². The van der Waals surface area contributed by atoms with Gasteiger partial charge in [0, 0.05) is 29.5 Å².